The van der Waals surface area contributed by atoms with Crippen LogP contribution in [0.1, 0.15) is 33.8 Å². The van der Waals surface area contributed by atoms with Crippen molar-refractivity contribution in [2.45, 2.75) is 39.0 Å². The van der Waals surface area contributed by atoms with Crippen LogP contribution in [0, 0.1) is 13.8 Å². The Morgan fingerprint density at radius 1 is 1.44 bits per heavy atom. The first kappa shape index (κ1) is 19.7. The molecule has 8 heteroatoms. The second kappa shape index (κ2) is 8.29. The lowest BCUT2D eigenvalue weighted by Crippen LogP contribution is -2.52. The van der Waals surface area contributed by atoms with Crippen molar-refractivity contribution in [1.82, 2.24) is 15.4 Å². The van der Waals surface area contributed by atoms with Crippen molar-refractivity contribution >= 4 is 17.5 Å². The molecule has 2 N–H and O–H groups in total. The highest BCUT2D eigenvalue weighted by molar-refractivity contribution is 6.31. The van der Waals surface area contributed by atoms with E-state index in [9.17, 15) is 9.90 Å². The average Bonchev–Trinajstić information content (AvgIpc) is 2.93. The predicted molar refractivity (Wildman–Crippen MR) is 101 cm³/mol. The van der Waals surface area contributed by atoms with Crippen molar-refractivity contribution in [3.63, 3.8) is 0 Å². The zero-order valence-electron chi connectivity index (χ0n) is 15.7. The van der Waals surface area contributed by atoms with E-state index in [-0.39, 0.29) is 11.9 Å². The number of ether oxygens (including phenoxy) is 1. The fourth-order valence-electron chi connectivity index (χ4n) is 3.47. The molecule has 0 spiro atoms. The van der Waals surface area contributed by atoms with Crippen molar-refractivity contribution in [1.29, 1.82) is 0 Å². The van der Waals surface area contributed by atoms with E-state index < -0.39 is 6.10 Å². The third-order valence-corrected chi connectivity index (χ3v) is 5.04. The topological polar surface area (TPSA) is 87.8 Å². The number of aryl methyl sites for hydroxylation is 2. The van der Waals surface area contributed by atoms with Gasteiger partial charge in [0, 0.05) is 36.3 Å². The van der Waals surface area contributed by atoms with Gasteiger partial charge in [0.2, 0.25) is 0 Å². The average molecular weight is 394 g/mol. The lowest BCUT2D eigenvalue weighted by Gasteiger charge is -2.36. The Morgan fingerprint density at radius 3 is 2.89 bits per heavy atom. The molecule has 2 aromatic rings. The molecule has 7 nitrogen and oxygen atoms in total. The SMILES string of the molecule is COc1ccc(Cl)cc1C(=O)N[C@H]1C[C@@H](O)CN(Cc2c(C)noc2C)C1. The smallest absolute Gasteiger partial charge is 0.255 e. The molecular weight excluding hydrogens is 370 g/mol. The van der Waals surface area contributed by atoms with Gasteiger partial charge in [-0.15, -0.1) is 0 Å². The van der Waals surface area contributed by atoms with Gasteiger partial charge in [0.15, 0.2) is 0 Å². The van der Waals surface area contributed by atoms with Crippen LogP contribution in [0.25, 0.3) is 0 Å². The van der Waals surface area contributed by atoms with Crippen LogP contribution in [0.4, 0.5) is 0 Å². The molecule has 2 heterocycles. The number of nitrogens with zero attached hydrogens (tertiary/aromatic N) is 2. The van der Waals surface area contributed by atoms with Crippen LogP contribution in [0.15, 0.2) is 22.7 Å². The number of β-amino-alcohol motifs (C(OH)–C–C–N with tert-alkyl or cyclic N) is 1. The molecule has 0 radical (unpaired) electrons. The van der Waals surface area contributed by atoms with Crippen molar-refractivity contribution < 1.29 is 19.2 Å². The first-order valence-corrected chi connectivity index (χ1v) is 9.21. The lowest BCUT2D eigenvalue weighted by molar-refractivity contribution is 0.0456. The number of carbonyl (C=O) groups excluding carboxylic acids is 1. The zero-order valence-corrected chi connectivity index (χ0v) is 16.4. The summed E-state index contributed by atoms with van der Waals surface area (Å²) in [6.07, 6.45) is -0.0296. The van der Waals surface area contributed by atoms with Gasteiger partial charge in [0.25, 0.3) is 5.91 Å². The molecule has 0 aliphatic carbocycles. The van der Waals surface area contributed by atoms with Gasteiger partial charge in [0.1, 0.15) is 11.5 Å². The second-order valence-electron chi connectivity index (χ2n) is 6.90. The van der Waals surface area contributed by atoms with Crippen LogP contribution >= 0.6 is 11.6 Å². The molecule has 1 aliphatic rings. The van der Waals surface area contributed by atoms with Crippen molar-refractivity contribution in [2.75, 3.05) is 20.2 Å². The first-order valence-electron chi connectivity index (χ1n) is 8.84. The van der Waals surface area contributed by atoms with Gasteiger partial charge in [-0.1, -0.05) is 16.8 Å². The minimum absolute atomic E-state index is 0.189. The van der Waals surface area contributed by atoms with Gasteiger partial charge < -0.3 is 19.7 Å². The highest BCUT2D eigenvalue weighted by Gasteiger charge is 2.29. The number of halogens is 1. The van der Waals surface area contributed by atoms with E-state index in [1.807, 2.05) is 13.8 Å². The van der Waals surface area contributed by atoms with Crippen LogP contribution in [0.3, 0.4) is 0 Å². The highest BCUT2D eigenvalue weighted by atomic mass is 35.5. The number of nitrogens with one attached hydrogen (secondary N) is 1. The number of likely N-dealkylation sites (tertiary alicyclic amines) is 1. The lowest BCUT2D eigenvalue weighted by atomic mass is 10.0. The van der Waals surface area contributed by atoms with Crippen molar-refractivity contribution in [3.05, 3.63) is 45.8 Å². The number of benzene rings is 1. The summed E-state index contributed by atoms with van der Waals surface area (Å²) >= 11 is 6.02. The summed E-state index contributed by atoms with van der Waals surface area (Å²) in [5.41, 5.74) is 2.24. The molecular formula is C19H24ClN3O4. The van der Waals surface area contributed by atoms with Gasteiger partial charge >= 0.3 is 0 Å². The molecule has 1 aliphatic heterocycles. The highest BCUT2D eigenvalue weighted by Crippen LogP contribution is 2.24. The van der Waals surface area contributed by atoms with Gasteiger partial charge in [-0.2, -0.15) is 0 Å². The molecule has 3 rings (SSSR count). The third kappa shape index (κ3) is 4.61. The molecule has 1 amide bonds. The summed E-state index contributed by atoms with van der Waals surface area (Å²) in [6.45, 7) is 5.55. The summed E-state index contributed by atoms with van der Waals surface area (Å²) in [4.78, 5) is 14.8. The minimum atomic E-state index is -0.522. The molecule has 27 heavy (non-hydrogen) atoms. The Hall–Kier alpha value is -2.09. The molecule has 1 saturated heterocycles. The maximum Gasteiger partial charge on any atom is 0.255 e. The number of carbonyl (C=O) groups is 1. The molecule has 0 bridgehead atoms. The number of aromatic nitrogens is 1. The van der Waals surface area contributed by atoms with E-state index in [1.165, 1.54) is 7.11 Å². The van der Waals surface area contributed by atoms with Gasteiger partial charge in [-0.05, 0) is 38.5 Å². The number of hydrogen-bond acceptors (Lipinski definition) is 6. The summed E-state index contributed by atoms with van der Waals surface area (Å²) < 4.78 is 10.5. The standard InChI is InChI=1S/C19H24ClN3O4/c1-11-17(12(2)27-22-11)10-23-8-14(7-15(24)9-23)21-19(25)16-6-13(20)4-5-18(16)26-3/h4-6,14-15,24H,7-10H2,1-3H3,(H,21,25)/t14-,15+/m0/s1. The predicted octanol–water partition coefficient (Wildman–Crippen LogP) is 2.32. The maximum atomic E-state index is 12.7. The maximum absolute atomic E-state index is 12.7. The monoisotopic (exact) mass is 393 g/mol. The largest absolute Gasteiger partial charge is 0.496 e. The molecule has 146 valence electrons. The van der Waals surface area contributed by atoms with Crippen LogP contribution in [0.2, 0.25) is 5.02 Å². The van der Waals surface area contributed by atoms with Gasteiger partial charge in [-0.3, -0.25) is 9.69 Å². The molecule has 1 fully saturated rings. The zero-order chi connectivity index (χ0) is 19.6. The quantitative estimate of drug-likeness (QED) is 0.810. The van der Waals surface area contributed by atoms with Crippen molar-refractivity contribution in [3.8, 4) is 5.75 Å². The van der Waals surface area contributed by atoms with Crippen LogP contribution in [-0.2, 0) is 6.54 Å². The van der Waals surface area contributed by atoms with E-state index in [4.69, 9.17) is 20.9 Å². The molecule has 1 aromatic heterocycles. The van der Waals surface area contributed by atoms with Crippen LogP contribution in [0.5, 0.6) is 5.75 Å². The fourth-order valence-corrected chi connectivity index (χ4v) is 3.64. The summed E-state index contributed by atoms with van der Waals surface area (Å²) in [5, 5.41) is 17.7. The third-order valence-electron chi connectivity index (χ3n) is 4.81. The van der Waals surface area contributed by atoms with E-state index in [0.717, 1.165) is 17.0 Å². The molecule has 2 atom stereocenters. The summed E-state index contributed by atoms with van der Waals surface area (Å²) in [5.74, 6) is 0.961. The Kier molecular flexibility index (Phi) is 6.04. The van der Waals surface area contributed by atoms with E-state index in [2.05, 4.69) is 15.4 Å². The van der Waals surface area contributed by atoms with E-state index >= 15 is 0 Å². The van der Waals surface area contributed by atoms with Crippen LogP contribution < -0.4 is 10.1 Å². The molecule has 1 aromatic carbocycles. The van der Waals surface area contributed by atoms with Gasteiger partial charge in [-0.25, -0.2) is 0 Å². The normalized spacial score (nSPS) is 20.5. The number of aliphatic hydroxyl groups is 1. The number of rotatable bonds is 5. The van der Waals surface area contributed by atoms with E-state index in [0.29, 0.717) is 42.4 Å². The number of methoxy groups -OCH3 is 1. The fraction of sp³-hybridized carbons (Fsp3) is 0.474. The summed E-state index contributed by atoms with van der Waals surface area (Å²) in [6, 6.07) is 4.73. The molecule has 0 unspecified atom stereocenters. The van der Waals surface area contributed by atoms with Crippen molar-refractivity contribution in [2.24, 2.45) is 0 Å². The Labute approximate surface area is 163 Å². The Balaban J connectivity index is 1.70. The van der Waals surface area contributed by atoms with Crippen LogP contribution in [-0.4, -0.2) is 53.4 Å². The number of amides is 1. The Bertz CT molecular complexity index is 804. The van der Waals surface area contributed by atoms with E-state index in [1.54, 1.807) is 18.2 Å². The number of aliphatic hydroxyl groups excluding tert-OH is 1. The first-order chi connectivity index (χ1) is 12.9. The molecule has 0 saturated carbocycles. The summed E-state index contributed by atoms with van der Waals surface area (Å²) in [7, 11) is 1.51. The number of piperidine rings is 1. The second-order valence-corrected chi connectivity index (χ2v) is 7.34. The minimum Gasteiger partial charge on any atom is -0.496 e. The van der Waals surface area contributed by atoms with Gasteiger partial charge in [0.05, 0.1) is 24.5 Å². The Morgan fingerprint density at radius 2 is 2.22 bits per heavy atom. The number of hydrogen-bond donors (Lipinski definition) is 2.